The van der Waals surface area contributed by atoms with E-state index in [-0.39, 0.29) is 4.90 Å². The lowest BCUT2D eigenvalue weighted by atomic mass is 10.3. The Balaban J connectivity index is 1.66. The van der Waals surface area contributed by atoms with Crippen molar-refractivity contribution in [3.05, 3.63) is 65.8 Å². The van der Waals surface area contributed by atoms with Crippen LogP contribution in [0.2, 0.25) is 0 Å². The van der Waals surface area contributed by atoms with Crippen LogP contribution in [0, 0.1) is 5.82 Å². The van der Waals surface area contributed by atoms with Crippen molar-refractivity contribution >= 4 is 38.1 Å². The van der Waals surface area contributed by atoms with Gasteiger partial charge in [-0.05, 0) is 53.9 Å². The Labute approximate surface area is 147 Å². The molecule has 0 aliphatic heterocycles. The van der Waals surface area contributed by atoms with E-state index in [1.807, 2.05) is 17.5 Å². The number of hydrogen-bond acceptors (Lipinski definition) is 4. The third-order valence-electron chi connectivity index (χ3n) is 3.61. The number of rotatable bonds is 4. The van der Waals surface area contributed by atoms with Gasteiger partial charge in [-0.2, -0.15) is 0 Å². The lowest BCUT2D eigenvalue weighted by molar-refractivity contribution is 0.599. The van der Waals surface area contributed by atoms with Crippen LogP contribution in [0.15, 0.2) is 64.9 Å². The first-order valence-electron chi connectivity index (χ1n) is 7.33. The number of imidazole rings is 1. The number of H-pyrrole nitrogens is 1. The predicted molar refractivity (Wildman–Crippen MR) is 96.6 cm³/mol. The van der Waals surface area contributed by atoms with Crippen LogP contribution in [0.1, 0.15) is 0 Å². The minimum Gasteiger partial charge on any atom is -0.337 e. The first-order chi connectivity index (χ1) is 12.0. The molecule has 0 aliphatic rings. The second kappa shape index (κ2) is 5.98. The third kappa shape index (κ3) is 3.13. The molecule has 4 rings (SSSR count). The molecule has 0 unspecified atom stereocenters. The van der Waals surface area contributed by atoms with Gasteiger partial charge in [0.05, 0.1) is 26.5 Å². The summed E-state index contributed by atoms with van der Waals surface area (Å²) in [4.78, 5) is 8.69. The molecule has 4 aromatic rings. The summed E-state index contributed by atoms with van der Waals surface area (Å²) in [5, 5.41) is 1.96. The fourth-order valence-corrected chi connectivity index (χ4v) is 4.15. The lowest BCUT2D eigenvalue weighted by Crippen LogP contribution is -2.12. The standard InChI is InChI=1S/C17H12FN3O2S2/c18-11-3-6-13(7-4-11)25(22,23)21-12-5-8-14-15(10-12)20-17(19-14)16-2-1-9-24-16/h1-10,21H,(H,19,20). The molecule has 2 aromatic heterocycles. The zero-order valence-electron chi connectivity index (χ0n) is 12.7. The molecule has 2 aromatic carbocycles. The van der Waals surface area contributed by atoms with Crippen molar-refractivity contribution in [2.24, 2.45) is 0 Å². The predicted octanol–water partition coefficient (Wildman–Crippen LogP) is 4.23. The van der Waals surface area contributed by atoms with Crippen molar-refractivity contribution in [1.82, 2.24) is 9.97 Å². The molecule has 8 heteroatoms. The van der Waals surface area contributed by atoms with Crippen LogP contribution in [0.3, 0.4) is 0 Å². The molecule has 0 fully saturated rings. The van der Waals surface area contributed by atoms with Crippen molar-refractivity contribution in [3.8, 4) is 10.7 Å². The van der Waals surface area contributed by atoms with Gasteiger partial charge >= 0.3 is 0 Å². The maximum atomic E-state index is 13.0. The molecule has 0 saturated carbocycles. The molecule has 2 heterocycles. The van der Waals surface area contributed by atoms with Gasteiger partial charge < -0.3 is 4.98 Å². The van der Waals surface area contributed by atoms with Gasteiger partial charge in [-0.25, -0.2) is 17.8 Å². The van der Waals surface area contributed by atoms with Crippen LogP contribution >= 0.6 is 11.3 Å². The Kier molecular flexibility index (Phi) is 3.78. The van der Waals surface area contributed by atoms with Crippen molar-refractivity contribution in [2.45, 2.75) is 4.90 Å². The molecule has 0 amide bonds. The number of benzene rings is 2. The summed E-state index contributed by atoms with van der Waals surface area (Å²) < 4.78 is 40.2. The van der Waals surface area contributed by atoms with E-state index in [9.17, 15) is 12.8 Å². The van der Waals surface area contributed by atoms with Crippen molar-refractivity contribution < 1.29 is 12.8 Å². The number of anilines is 1. The Bertz CT molecular complexity index is 1130. The first kappa shape index (κ1) is 15.8. The summed E-state index contributed by atoms with van der Waals surface area (Å²) in [5.74, 6) is 0.252. The minimum absolute atomic E-state index is 0.00196. The highest BCUT2D eigenvalue weighted by Gasteiger charge is 2.15. The summed E-state index contributed by atoms with van der Waals surface area (Å²) >= 11 is 1.57. The Morgan fingerprint density at radius 2 is 1.88 bits per heavy atom. The number of fused-ring (bicyclic) bond motifs is 1. The van der Waals surface area contributed by atoms with Crippen molar-refractivity contribution in [3.63, 3.8) is 0 Å². The normalized spacial score (nSPS) is 11.7. The van der Waals surface area contributed by atoms with Crippen LogP contribution in [-0.2, 0) is 10.0 Å². The average molecular weight is 373 g/mol. The topological polar surface area (TPSA) is 74.8 Å². The molecular weight excluding hydrogens is 361 g/mol. The van der Waals surface area contributed by atoms with E-state index < -0.39 is 15.8 Å². The summed E-state index contributed by atoms with van der Waals surface area (Å²) in [7, 11) is -3.78. The molecule has 0 aliphatic carbocycles. The minimum atomic E-state index is -3.78. The highest BCUT2D eigenvalue weighted by atomic mass is 32.2. The maximum Gasteiger partial charge on any atom is 0.261 e. The Hall–Kier alpha value is -2.71. The Morgan fingerprint density at radius 3 is 2.60 bits per heavy atom. The largest absolute Gasteiger partial charge is 0.337 e. The van der Waals surface area contributed by atoms with Gasteiger partial charge in [-0.15, -0.1) is 11.3 Å². The number of sulfonamides is 1. The van der Waals surface area contributed by atoms with E-state index in [0.29, 0.717) is 5.69 Å². The maximum absolute atomic E-state index is 13.0. The summed E-state index contributed by atoms with van der Waals surface area (Å²) in [6.45, 7) is 0. The smallest absolute Gasteiger partial charge is 0.261 e. The number of aromatic nitrogens is 2. The second-order valence-electron chi connectivity index (χ2n) is 5.35. The van der Waals surface area contributed by atoms with Gasteiger partial charge in [0, 0.05) is 0 Å². The highest BCUT2D eigenvalue weighted by molar-refractivity contribution is 7.92. The van der Waals surface area contributed by atoms with Gasteiger partial charge in [0.2, 0.25) is 0 Å². The van der Waals surface area contributed by atoms with Gasteiger partial charge in [0.25, 0.3) is 10.0 Å². The molecule has 0 bridgehead atoms. The van der Waals surface area contributed by atoms with Gasteiger partial charge in [-0.3, -0.25) is 4.72 Å². The molecule has 5 nitrogen and oxygen atoms in total. The quantitative estimate of drug-likeness (QED) is 0.562. The van der Waals surface area contributed by atoms with Crippen LogP contribution in [0.25, 0.3) is 21.7 Å². The van der Waals surface area contributed by atoms with Crippen LogP contribution < -0.4 is 4.72 Å². The fourth-order valence-electron chi connectivity index (χ4n) is 2.43. The van der Waals surface area contributed by atoms with Gasteiger partial charge in [0.1, 0.15) is 11.6 Å². The molecule has 25 heavy (non-hydrogen) atoms. The second-order valence-corrected chi connectivity index (χ2v) is 7.98. The third-order valence-corrected chi connectivity index (χ3v) is 5.89. The van der Waals surface area contributed by atoms with Gasteiger partial charge in [0.15, 0.2) is 0 Å². The summed E-state index contributed by atoms with van der Waals surface area (Å²) in [6.07, 6.45) is 0. The van der Waals surface area contributed by atoms with E-state index in [0.717, 1.165) is 33.9 Å². The molecule has 126 valence electrons. The van der Waals surface area contributed by atoms with Crippen LogP contribution in [0.5, 0.6) is 0 Å². The zero-order valence-corrected chi connectivity index (χ0v) is 14.4. The monoisotopic (exact) mass is 373 g/mol. The first-order valence-corrected chi connectivity index (χ1v) is 9.70. The number of aromatic amines is 1. The molecule has 2 N–H and O–H groups in total. The number of halogens is 1. The lowest BCUT2D eigenvalue weighted by Gasteiger charge is -2.08. The van der Waals surface area contributed by atoms with E-state index in [4.69, 9.17) is 0 Å². The summed E-state index contributed by atoms with van der Waals surface area (Å²) in [6, 6.07) is 13.6. The number of nitrogens with one attached hydrogen (secondary N) is 2. The van der Waals surface area contributed by atoms with E-state index >= 15 is 0 Å². The van der Waals surface area contributed by atoms with E-state index in [1.54, 1.807) is 29.5 Å². The average Bonchev–Trinajstić information content (AvgIpc) is 3.23. The fraction of sp³-hybridized carbons (Fsp3) is 0. The van der Waals surface area contributed by atoms with Crippen LogP contribution in [0.4, 0.5) is 10.1 Å². The van der Waals surface area contributed by atoms with E-state index in [2.05, 4.69) is 14.7 Å². The molecular formula is C17H12FN3O2S2. The number of hydrogen-bond donors (Lipinski definition) is 2. The van der Waals surface area contributed by atoms with Crippen molar-refractivity contribution in [2.75, 3.05) is 4.72 Å². The van der Waals surface area contributed by atoms with E-state index in [1.165, 1.54) is 12.1 Å². The number of nitrogens with zero attached hydrogens (tertiary/aromatic N) is 1. The summed E-state index contributed by atoms with van der Waals surface area (Å²) in [5.41, 5.74) is 1.87. The highest BCUT2D eigenvalue weighted by Crippen LogP contribution is 2.26. The Morgan fingerprint density at radius 1 is 1.08 bits per heavy atom. The zero-order chi connectivity index (χ0) is 17.4. The van der Waals surface area contributed by atoms with Crippen molar-refractivity contribution in [1.29, 1.82) is 0 Å². The van der Waals surface area contributed by atoms with Crippen LogP contribution in [-0.4, -0.2) is 18.4 Å². The SMILES string of the molecule is O=S(=O)(Nc1ccc2nc(-c3cccs3)[nH]c2c1)c1ccc(F)cc1. The van der Waals surface area contributed by atoms with Gasteiger partial charge in [-0.1, -0.05) is 6.07 Å². The molecule has 0 spiro atoms. The molecule has 0 radical (unpaired) electrons. The molecule has 0 atom stereocenters. The number of thiophene rings is 1. The molecule has 0 saturated heterocycles.